The van der Waals surface area contributed by atoms with Gasteiger partial charge in [-0.05, 0) is 56.1 Å². The highest BCUT2D eigenvalue weighted by atomic mass is 16.4. The summed E-state index contributed by atoms with van der Waals surface area (Å²) >= 11 is 0. The minimum atomic E-state index is -0.846. The minimum absolute atomic E-state index is 0.0255. The van der Waals surface area contributed by atoms with Crippen LogP contribution in [0, 0.1) is 5.92 Å². The first-order valence-electron chi connectivity index (χ1n) is 7.95. The van der Waals surface area contributed by atoms with Gasteiger partial charge in [-0.1, -0.05) is 13.8 Å². The zero-order chi connectivity index (χ0) is 15.4. The van der Waals surface area contributed by atoms with Crippen LogP contribution in [0.4, 0.5) is 0 Å². The molecule has 0 aromatic carbocycles. The number of aliphatic carboxylic acids is 1. The van der Waals surface area contributed by atoms with Crippen LogP contribution in [0.15, 0.2) is 10.9 Å². The normalized spacial score (nSPS) is 14.2. The van der Waals surface area contributed by atoms with Gasteiger partial charge in [-0.2, -0.15) is 0 Å². The van der Waals surface area contributed by atoms with Crippen molar-refractivity contribution in [1.82, 2.24) is 4.57 Å². The van der Waals surface area contributed by atoms with Crippen LogP contribution >= 0.6 is 0 Å². The molecule has 0 atom stereocenters. The molecule has 1 heterocycles. The zero-order valence-electron chi connectivity index (χ0n) is 13.0. The largest absolute Gasteiger partial charge is 0.481 e. The number of hydrogen-bond donors (Lipinski definition) is 1. The third kappa shape index (κ3) is 3.96. The van der Waals surface area contributed by atoms with Gasteiger partial charge in [0.1, 0.15) is 0 Å². The summed E-state index contributed by atoms with van der Waals surface area (Å²) in [5.41, 5.74) is 3.13. The number of hydrogen-bond acceptors (Lipinski definition) is 2. The molecular formula is C17H25NO3. The van der Waals surface area contributed by atoms with E-state index in [-0.39, 0.29) is 12.0 Å². The maximum Gasteiger partial charge on any atom is 0.303 e. The maximum absolute atomic E-state index is 12.6. The first-order chi connectivity index (χ1) is 9.99. The fourth-order valence-electron chi connectivity index (χ4n) is 2.99. The van der Waals surface area contributed by atoms with Gasteiger partial charge in [-0.3, -0.25) is 9.59 Å². The molecule has 4 heteroatoms. The van der Waals surface area contributed by atoms with Crippen molar-refractivity contribution in [2.45, 2.75) is 65.3 Å². The topological polar surface area (TPSA) is 59.3 Å². The summed E-state index contributed by atoms with van der Waals surface area (Å²) in [5, 5.41) is 8.84. The molecule has 1 aliphatic rings. The predicted molar refractivity (Wildman–Crippen MR) is 82.8 cm³/mol. The van der Waals surface area contributed by atoms with Crippen LogP contribution in [-0.4, -0.2) is 15.6 Å². The van der Waals surface area contributed by atoms with Gasteiger partial charge in [-0.15, -0.1) is 0 Å². The monoisotopic (exact) mass is 291 g/mol. The van der Waals surface area contributed by atoms with E-state index in [0.717, 1.165) is 38.6 Å². The van der Waals surface area contributed by atoms with Crippen molar-refractivity contribution in [3.63, 3.8) is 0 Å². The van der Waals surface area contributed by atoms with E-state index in [1.165, 1.54) is 11.3 Å². The lowest BCUT2D eigenvalue weighted by Gasteiger charge is -2.23. The third-order valence-corrected chi connectivity index (χ3v) is 4.21. The van der Waals surface area contributed by atoms with Crippen molar-refractivity contribution in [3.05, 3.63) is 33.2 Å². The number of nitrogens with zero attached hydrogens (tertiary/aromatic N) is 1. The molecule has 0 radical (unpaired) electrons. The van der Waals surface area contributed by atoms with Crippen LogP contribution in [0.1, 0.15) is 56.4 Å². The summed E-state index contributed by atoms with van der Waals surface area (Å²) in [5.74, 6) is -0.292. The van der Waals surface area contributed by atoms with Crippen LogP contribution in [0.2, 0.25) is 0 Å². The van der Waals surface area contributed by atoms with E-state index in [4.69, 9.17) is 5.11 Å². The lowest BCUT2D eigenvalue weighted by molar-refractivity contribution is -0.136. The van der Waals surface area contributed by atoms with Gasteiger partial charge in [0.2, 0.25) is 0 Å². The molecule has 0 spiro atoms. The molecule has 1 aliphatic carbocycles. The second kappa shape index (κ2) is 6.92. The Labute approximate surface area is 125 Å². The Kier molecular flexibility index (Phi) is 5.21. The Bertz CT molecular complexity index is 572. The number of pyridine rings is 1. The highest BCUT2D eigenvalue weighted by Gasteiger charge is 2.18. The van der Waals surface area contributed by atoms with Gasteiger partial charge in [0.25, 0.3) is 5.56 Å². The number of fused-ring (bicyclic) bond motifs is 1. The van der Waals surface area contributed by atoms with Crippen molar-refractivity contribution in [2.75, 3.05) is 0 Å². The zero-order valence-corrected chi connectivity index (χ0v) is 13.0. The molecule has 1 aromatic heterocycles. The Morgan fingerprint density at radius 3 is 2.71 bits per heavy atom. The summed E-state index contributed by atoms with van der Waals surface area (Å²) in [4.78, 5) is 23.4. The van der Waals surface area contributed by atoms with Gasteiger partial charge >= 0.3 is 5.97 Å². The third-order valence-electron chi connectivity index (χ3n) is 4.21. The van der Waals surface area contributed by atoms with Crippen molar-refractivity contribution < 1.29 is 9.90 Å². The van der Waals surface area contributed by atoms with E-state index in [9.17, 15) is 9.59 Å². The molecule has 0 bridgehead atoms. The van der Waals surface area contributed by atoms with E-state index in [0.29, 0.717) is 17.9 Å². The SMILES string of the molecule is CC(C)CCn1c2c(cc(CCC(=O)O)c1=O)CCCC2. The van der Waals surface area contributed by atoms with Gasteiger partial charge in [-0.25, -0.2) is 0 Å². The van der Waals surface area contributed by atoms with Crippen molar-refractivity contribution >= 4 is 5.97 Å². The number of carboxylic acid groups (broad SMARTS) is 1. The molecule has 1 aromatic rings. The molecule has 2 rings (SSSR count). The summed E-state index contributed by atoms with van der Waals surface area (Å²) < 4.78 is 1.92. The molecule has 0 unspecified atom stereocenters. The van der Waals surface area contributed by atoms with Crippen molar-refractivity contribution in [2.24, 2.45) is 5.92 Å². The highest BCUT2D eigenvalue weighted by Crippen LogP contribution is 2.22. The summed E-state index contributed by atoms with van der Waals surface area (Å²) in [6, 6.07) is 1.96. The Morgan fingerprint density at radius 2 is 2.05 bits per heavy atom. The number of aryl methyl sites for hydroxylation is 2. The van der Waals surface area contributed by atoms with Crippen LogP contribution in [0.25, 0.3) is 0 Å². The van der Waals surface area contributed by atoms with Crippen LogP contribution < -0.4 is 5.56 Å². The van der Waals surface area contributed by atoms with Crippen molar-refractivity contribution in [1.29, 1.82) is 0 Å². The second-order valence-electron chi connectivity index (χ2n) is 6.38. The average molecular weight is 291 g/mol. The van der Waals surface area contributed by atoms with E-state index >= 15 is 0 Å². The Hall–Kier alpha value is -1.58. The molecule has 0 aliphatic heterocycles. The maximum atomic E-state index is 12.6. The summed E-state index contributed by atoms with van der Waals surface area (Å²) in [6.07, 6.45) is 5.63. The van der Waals surface area contributed by atoms with Crippen LogP contribution in [0.3, 0.4) is 0 Å². The van der Waals surface area contributed by atoms with E-state index in [1.54, 1.807) is 0 Å². The van der Waals surface area contributed by atoms with Crippen LogP contribution in [0.5, 0.6) is 0 Å². The van der Waals surface area contributed by atoms with Crippen LogP contribution in [-0.2, 0) is 30.6 Å². The number of carbonyl (C=O) groups is 1. The van der Waals surface area contributed by atoms with E-state index in [1.807, 2.05) is 10.6 Å². The molecule has 0 saturated carbocycles. The molecule has 0 saturated heterocycles. The molecule has 0 fully saturated rings. The average Bonchev–Trinajstić information content (AvgIpc) is 2.44. The molecule has 116 valence electrons. The summed E-state index contributed by atoms with van der Waals surface area (Å²) in [7, 11) is 0. The van der Waals surface area contributed by atoms with Crippen molar-refractivity contribution in [3.8, 4) is 0 Å². The van der Waals surface area contributed by atoms with E-state index < -0.39 is 5.97 Å². The molecule has 0 amide bonds. The lowest BCUT2D eigenvalue weighted by Crippen LogP contribution is -2.30. The minimum Gasteiger partial charge on any atom is -0.481 e. The Balaban J connectivity index is 2.36. The molecular weight excluding hydrogens is 266 g/mol. The molecule has 4 nitrogen and oxygen atoms in total. The first-order valence-corrected chi connectivity index (χ1v) is 7.95. The fourth-order valence-corrected chi connectivity index (χ4v) is 2.99. The van der Waals surface area contributed by atoms with Gasteiger partial charge < -0.3 is 9.67 Å². The molecule has 1 N–H and O–H groups in total. The smallest absolute Gasteiger partial charge is 0.303 e. The fraction of sp³-hybridized carbons (Fsp3) is 0.647. The predicted octanol–water partition coefficient (Wildman–Crippen LogP) is 2.79. The highest BCUT2D eigenvalue weighted by molar-refractivity contribution is 5.67. The number of aromatic nitrogens is 1. The number of rotatable bonds is 6. The molecule has 21 heavy (non-hydrogen) atoms. The van der Waals surface area contributed by atoms with Gasteiger partial charge in [0, 0.05) is 24.2 Å². The van der Waals surface area contributed by atoms with Gasteiger partial charge in [0.15, 0.2) is 0 Å². The standard InChI is InChI=1S/C17H25NO3/c1-12(2)9-10-18-15-6-4-3-5-13(15)11-14(17(18)21)7-8-16(19)20/h11-12H,3-10H2,1-2H3,(H,19,20). The number of carboxylic acids is 1. The van der Waals surface area contributed by atoms with Gasteiger partial charge in [0.05, 0.1) is 0 Å². The second-order valence-corrected chi connectivity index (χ2v) is 6.38. The Morgan fingerprint density at radius 1 is 1.33 bits per heavy atom. The quantitative estimate of drug-likeness (QED) is 0.876. The van der Waals surface area contributed by atoms with E-state index in [2.05, 4.69) is 13.8 Å². The summed E-state index contributed by atoms with van der Waals surface area (Å²) in [6.45, 7) is 5.07. The first kappa shape index (κ1) is 15.8. The lowest BCUT2D eigenvalue weighted by atomic mass is 9.93.